The summed E-state index contributed by atoms with van der Waals surface area (Å²) in [6, 6.07) is 4.85. The third-order valence-electron chi connectivity index (χ3n) is 4.05. The molecular weight excluding hydrogens is 334 g/mol. The van der Waals surface area contributed by atoms with Crippen molar-refractivity contribution in [3.05, 3.63) is 47.4 Å². The highest BCUT2D eigenvalue weighted by atomic mass is 19.1. The second-order valence-electron chi connectivity index (χ2n) is 5.77. The van der Waals surface area contributed by atoms with Gasteiger partial charge in [-0.2, -0.15) is 0 Å². The molecule has 3 rings (SSSR count). The number of amides is 1. The number of para-hydroxylation sites is 1. The third kappa shape index (κ3) is 3.96. The smallest absolute Gasteiger partial charge is 0.276 e. The second-order valence-corrected chi connectivity index (χ2v) is 5.77. The first-order chi connectivity index (χ1) is 12.1. The number of likely N-dealkylation sites (tertiary alicyclic amines) is 1. The molecule has 1 aromatic carbocycles. The van der Waals surface area contributed by atoms with Crippen molar-refractivity contribution in [2.24, 2.45) is 0 Å². The van der Waals surface area contributed by atoms with Crippen molar-refractivity contribution in [1.82, 2.24) is 10.1 Å². The van der Waals surface area contributed by atoms with Crippen LogP contribution in [0.5, 0.6) is 5.75 Å². The average Bonchev–Trinajstić information content (AvgIpc) is 3.09. The molecule has 0 bridgehead atoms. The minimum Gasteiger partial charge on any atom is -0.479 e. The lowest BCUT2D eigenvalue weighted by atomic mass is 10.1. The predicted octanol–water partition coefficient (Wildman–Crippen LogP) is 2.78. The highest BCUT2D eigenvalue weighted by molar-refractivity contribution is 5.92. The monoisotopic (exact) mass is 352 g/mol. The topological polar surface area (TPSA) is 64.8 Å². The molecule has 0 aliphatic carbocycles. The molecule has 0 saturated carbocycles. The Morgan fingerprint density at radius 1 is 1.40 bits per heavy atom. The van der Waals surface area contributed by atoms with E-state index in [1.54, 1.807) is 12.0 Å². The molecule has 1 aliphatic heterocycles. The summed E-state index contributed by atoms with van der Waals surface area (Å²) >= 11 is 0. The number of halogens is 2. The average molecular weight is 352 g/mol. The first-order valence-electron chi connectivity index (χ1n) is 7.93. The molecule has 0 N–H and O–H groups in total. The van der Waals surface area contributed by atoms with Crippen molar-refractivity contribution in [3.8, 4) is 5.75 Å². The molecule has 1 amide bonds. The lowest BCUT2D eigenvalue weighted by molar-refractivity contribution is 0.0263. The number of methoxy groups -OCH3 is 1. The van der Waals surface area contributed by atoms with Crippen LogP contribution in [0.3, 0.4) is 0 Å². The maximum absolute atomic E-state index is 13.5. The Morgan fingerprint density at radius 3 is 2.88 bits per heavy atom. The van der Waals surface area contributed by atoms with E-state index in [2.05, 4.69) is 5.16 Å². The molecule has 6 nitrogen and oxygen atoms in total. The number of rotatable bonds is 5. The maximum Gasteiger partial charge on any atom is 0.276 e. The van der Waals surface area contributed by atoms with Crippen LogP contribution in [0.1, 0.15) is 29.1 Å². The molecule has 2 heterocycles. The van der Waals surface area contributed by atoms with Crippen molar-refractivity contribution in [3.63, 3.8) is 0 Å². The largest absolute Gasteiger partial charge is 0.479 e. The molecule has 1 saturated heterocycles. The quantitative estimate of drug-likeness (QED) is 0.828. The van der Waals surface area contributed by atoms with Crippen LogP contribution < -0.4 is 4.74 Å². The Hall–Kier alpha value is -2.48. The van der Waals surface area contributed by atoms with Crippen molar-refractivity contribution in [2.75, 3.05) is 20.2 Å². The summed E-state index contributed by atoms with van der Waals surface area (Å²) < 4.78 is 42.5. The van der Waals surface area contributed by atoms with E-state index >= 15 is 0 Å². The summed E-state index contributed by atoms with van der Waals surface area (Å²) in [6.07, 6.45) is 1.77. The van der Waals surface area contributed by atoms with Gasteiger partial charge in [0.05, 0.1) is 6.10 Å². The fraction of sp³-hybridized carbons (Fsp3) is 0.412. The van der Waals surface area contributed by atoms with Gasteiger partial charge in [0.25, 0.3) is 5.91 Å². The zero-order valence-corrected chi connectivity index (χ0v) is 13.7. The minimum absolute atomic E-state index is 0.0106. The lowest BCUT2D eigenvalue weighted by Crippen LogP contribution is -2.43. The molecular formula is C17H18F2N2O4. The zero-order chi connectivity index (χ0) is 17.8. The molecule has 1 aliphatic rings. The highest BCUT2D eigenvalue weighted by Gasteiger charge is 2.26. The van der Waals surface area contributed by atoms with Gasteiger partial charge in [0.1, 0.15) is 6.61 Å². The number of hydrogen-bond acceptors (Lipinski definition) is 5. The summed E-state index contributed by atoms with van der Waals surface area (Å²) in [5, 5.41) is 3.72. The minimum atomic E-state index is -0.810. The third-order valence-corrected chi connectivity index (χ3v) is 4.05. The Morgan fingerprint density at radius 2 is 2.16 bits per heavy atom. The van der Waals surface area contributed by atoms with Gasteiger partial charge in [-0.15, -0.1) is 0 Å². The van der Waals surface area contributed by atoms with E-state index in [9.17, 15) is 13.6 Å². The Labute approximate surface area is 143 Å². The summed E-state index contributed by atoms with van der Waals surface area (Å²) in [7, 11) is 1.62. The van der Waals surface area contributed by atoms with Crippen LogP contribution in [-0.4, -0.2) is 42.3 Å². The Bertz CT molecular complexity index is 730. The van der Waals surface area contributed by atoms with E-state index in [-0.39, 0.29) is 30.1 Å². The molecule has 1 atom stereocenters. The number of carbonyl (C=O) groups is 1. The van der Waals surface area contributed by atoms with E-state index in [4.69, 9.17) is 14.0 Å². The SMILES string of the molecule is COC1CCCN(C(=O)c2cc(COc3c(F)cccc3F)on2)C1. The van der Waals surface area contributed by atoms with Crippen LogP contribution in [0.15, 0.2) is 28.8 Å². The number of hydrogen-bond donors (Lipinski definition) is 0. The maximum atomic E-state index is 13.5. The van der Waals surface area contributed by atoms with Crippen molar-refractivity contribution < 1.29 is 27.6 Å². The van der Waals surface area contributed by atoms with Gasteiger partial charge in [-0.1, -0.05) is 11.2 Å². The van der Waals surface area contributed by atoms with Crippen molar-refractivity contribution >= 4 is 5.91 Å². The predicted molar refractivity (Wildman–Crippen MR) is 83.1 cm³/mol. The molecule has 0 spiro atoms. The van der Waals surface area contributed by atoms with Gasteiger partial charge >= 0.3 is 0 Å². The summed E-state index contributed by atoms with van der Waals surface area (Å²) in [4.78, 5) is 14.1. The first kappa shape index (κ1) is 17.3. The van der Waals surface area contributed by atoms with Gasteiger partial charge in [0.2, 0.25) is 0 Å². The van der Waals surface area contributed by atoms with Gasteiger partial charge in [0, 0.05) is 26.3 Å². The molecule has 25 heavy (non-hydrogen) atoms. The van der Waals surface area contributed by atoms with Gasteiger partial charge in [-0.05, 0) is 25.0 Å². The number of carbonyl (C=O) groups excluding carboxylic acids is 1. The fourth-order valence-electron chi connectivity index (χ4n) is 2.72. The van der Waals surface area contributed by atoms with Crippen molar-refractivity contribution in [1.29, 1.82) is 0 Å². The normalized spacial score (nSPS) is 17.6. The van der Waals surface area contributed by atoms with Crippen LogP contribution >= 0.6 is 0 Å². The summed E-state index contributed by atoms with van der Waals surface area (Å²) in [5.74, 6) is -2.18. The number of benzene rings is 1. The second kappa shape index (κ2) is 7.60. The fourth-order valence-corrected chi connectivity index (χ4v) is 2.72. The molecule has 8 heteroatoms. The Kier molecular flexibility index (Phi) is 5.28. The molecule has 0 radical (unpaired) electrons. The van der Waals surface area contributed by atoms with E-state index in [0.29, 0.717) is 13.1 Å². The van der Waals surface area contributed by atoms with Gasteiger partial charge in [0.15, 0.2) is 28.8 Å². The summed E-state index contributed by atoms with van der Waals surface area (Å²) in [6.45, 7) is 0.880. The highest BCUT2D eigenvalue weighted by Crippen LogP contribution is 2.22. The van der Waals surface area contributed by atoms with Crippen LogP contribution in [-0.2, 0) is 11.3 Å². The van der Waals surface area contributed by atoms with Crippen molar-refractivity contribution in [2.45, 2.75) is 25.6 Å². The molecule has 1 aromatic heterocycles. The lowest BCUT2D eigenvalue weighted by Gasteiger charge is -2.31. The first-order valence-corrected chi connectivity index (χ1v) is 7.93. The van der Waals surface area contributed by atoms with E-state index < -0.39 is 17.4 Å². The van der Waals surface area contributed by atoms with Crippen LogP contribution in [0.2, 0.25) is 0 Å². The number of nitrogens with zero attached hydrogens (tertiary/aromatic N) is 2. The number of aromatic nitrogens is 1. The van der Waals surface area contributed by atoms with Crippen LogP contribution in [0.4, 0.5) is 8.78 Å². The Balaban J connectivity index is 1.63. The van der Waals surface area contributed by atoms with Crippen LogP contribution in [0, 0.1) is 11.6 Å². The van der Waals surface area contributed by atoms with E-state index in [0.717, 1.165) is 25.0 Å². The van der Waals surface area contributed by atoms with E-state index in [1.807, 2.05) is 0 Å². The molecule has 1 unspecified atom stereocenters. The molecule has 1 fully saturated rings. The van der Waals surface area contributed by atoms with Gasteiger partial charge < -0.3 is 18.9 Å². The molecule has 2 aromatic rings. The van der Waals surface area contributed by atoms with E-state index in [1.165, 1.54) is 12.1 Å². The van der Waals surface area contributed by atoms with Gasteiger partial charge in [-0.3, -0.25) is 4.79 Å². The zero-order valence-electron chi connectivity index (χ0n) is 13.7. The van der Waals surface area contributed by atoms with Crippen LogP contribution in [0.25, 0.3) is 0 Å². The standard InChI is InChI=1S/C17H18F2N2O4/c1-23-11-4-3-7-21(9-11)17(22)15-8-12(25-20-15)10-24-16-13(18)5-2-6-14(16)19/h2,5-6,8,11H,3-4,7,9-10H2,1H3. The molecule has 134 valence electrons. The number of piperidine rings is 1. The number of ether oxygens (including phenoxy) is 2. The summed E-state index contributed by atoms with van der Waals surface area (Å²) in [5.41, 5.74) is 0.129. The van der Waals surface area contributed by atoms with Gasteiger partial charge in [-0.25, -0.2) is 8.78 Å².